The van der Waals surface area contributed by atoms with E-state index in [1.807, 2.05) is 30.3 Å². The fraction of sp³-hybridized carbons (Fsp3) is 0.333. The number of aliphatic imine (C=N–C) groups is 1. The molecule has 3 rings (SSSR count). The third kappa shape index (κ3) is 3.07. The van der Waals surface area contributed by atoms with Crippen LogP contribution in [0.5, 0.6) is 0 Å². The Bertz CT molecular complexity index is 591. The molecule has 104 valence electrons. The van der Waals surface area contributed by atoms with E-state index in [1.165, 1.54) is 31.0 Å². The zero-order valence-corrected chi connectivity index (χ0v) is 12.6. The first-order valence-electron chi connectivity index (χ1n) is 6.75. The van der Waals surface area contributed by atoms with Gasteiger partial charge in [0.2, 0.25) is 0 Å². The summed E-state index contributed by atoms with van der Waals surface area (Å²) in [6.45, 7) is 2.01. The number of benzene rings is 1. The highest BCUT2D eigenvalue weighted by atomic mass is 35.5. The van der Waals surface area contributed by atoms with E-state index in [9.17, 15) is 4.79 Å². The van der Waals surface area contributed by atoms with Crippen LogP contribution >= 0.6 is 23.4 Å². The summed E-state index contributed by atoms with van der Waals surface area (Å²) in [6, 6.07) is 7.49. The molecule has 2 aliphatic rings. The van der Waals surface area contributed by atoms with Crippen molar-refractivity contribution >= 4 is 40.5 Å². The van der Waals surface area contributed by atoms with Gasteiger partial charge in [-0.15, -0.1) is 0 Å². The predicted octanol–water partition coefficient (Wildman–Crippen LogP) is 3.80. The van der Waals surface area contributed by atoms with Gasteiger partial charge in [-0.1, -0.05) is 23.7 Å². The SMILES string of the molecule is O=C1N=C(N2CCCCC2)SC1=Cc1cccc(Cl)c1. The van der Waals surface area contributed by atoms with Crippen LogP contribution in [0.1, 0.15) is 24.8 Å². The number of likely N-dealkylation sites (tertiary alicyclic amines) is 1. The first kappa shape index (κ1) is 13.7. The molecule has 3 nitrogen and oxygen atoms in total. The predicted molar refractivity (Wildman–Crippen MR) is 84.9 cm³/mol. The van der Waals surface area contributed by atoms with Gasteiger partial charge in [0.25, 0.3) is 5.91 Å². The van der Waals surface area contributed by atoms with Gasteiger partial charge in [0.1, 0.15) is 0 Å². The Morgan fingerprint density at radius 3 is 2.80 bits per heavy atom. The van der Waals surface area contributed by atoms with Crippen molar-refractivity contribution in [1.82, 2.24) is 4.90 Å². The highest BCUT2D eigenvalue weighted by Crippen LogP contribution is 2.31. The number of halogens is 1. The molecule has 5 heteroatoms. The largest absolute Gasteiger partial charge is 0.351 e. The average Bonchev–Trinajstić information content (AvgIpc) is 2.81. The molecule has 1 aromatic rings. The molecule has 1 fully saturated rings. The number of piperidine rings is 1. The summed E-state index contributed by atoms with van der Waals surface area (Å²) >= 11 is 7.43. The fourth-order valence-electron chi connectivity index (χ4n) is 2.37. The van der Waals surface area contributed by atoms with Crippen LogP contribution in [0.15, 0.2) is 34.2 Å². The van der Waals surface area contributed by atoms with Crippen LogP contribution in [-0.2, 0) is 4.79 Å². The topological polar surface area (TPSA) is 32.7 Å². The van der Waals surface area contributed by atoms with E-state index in [0.717, 1.165) is 23.8 Å². The van der Waals surface area contributed by atoms with Gasteiger partial charge < -0.3 is 4.90 Å². The van der Waals surface area contributed by atoms with Gasteiger partial charge in [-0.2, -0.15) is 4.99 Å². The molecule has 0 saturated carbocycles. The molecule has 20 heavy (non-hydrogen) atoms. The summed E-state index contributed by atoms with van der Waals surface area (Å²) in [4.78, 5) is 19.0. The third-order valence-electron chi connectivity index (χ3n) is 3.38. The highest BCUT2D eigenvalue weighted by Gasteiger charge is 2.26. The monoisotopic (exact) mass is 306 g/mol. The van der Waals surface area contributed by atoms with Crippen molar-refractivity contribution in [2.24, 2.45) is 4.99 Å². The molecule has 1 aromatic carbocycles. The van der Waals surface area contributed by atoms with Crippen LogP contribution in [0.4, 0.5) is 0 Å². The maximum atomic E-state index is 12.0. The van der Waals surface area contributed by atoms with E-state index in [-0.39, 0.29) is 5.91 Å². The smallest absolute Gasteiger partial charge is 0.286 e. The van der Waals surface area contributed by atoms with Crippen molar-refractivity contribution in [2.45, 2.75) is 19.3 Å². The molecule has 1 saturated heterocycles. The van der Waals surface area contributed by atoms with Crippen LogP contribution < -0.4 is 0 Å². The second kappa shape index (κ2) is 6.02. The van der Waals surface area contributed by atoms with E-state index in [0.29, 0.717) is 9.93 Å². The van der Waals surface area contributed by atoms with Crippen molar-refractivity contribution in [3.05, 3.63) is 39.8 Å². The van der Waals surface area contributed by atoms with Crippen molar-refractivity contribution in [3.8, 4) is 0 Å². The molecule has 0 bridgehead atoms. The summed E-state index contributed by atoms with van der Waals surface area (Å²) in [6.07, 6.45) is 5.50. The lowest BCUT2D eigenvalue weighted by Crippen LogP contribution is -2.33. The van der Waals surface area contributed by atoms with Gasteiger partial charge >= 0.3 is 0 Å². The number of hydrogen-bond acceptors (Lipinski definition) is 3. The van der Waals surface area contributed by atoms with Gasteiger partial charge in [-0.25, -0.2) is 0 Å². The molecule has 0 aliphatic carbocycles. The number of nitrogens with zero attached hydrogens (tertiary/aromatic N) is 2. The highest BCUT2D eigenvalue weighted by molar-refractivity contribution is 8.18. The molecular formula is C15H15ClN2OS. The average molecular weight is 307 g/mol. The summed E-state index contributed by atoms with van der Waals surface area (Å²) in [5, 5.41) is 1.52. The summed E-state index contributed by atoms with van der Waals surface area (Å²) in [5.41, 5.74) is 0.934. The molecule has 0 N–H and O–H groups in total. The fourth-order valence-corrected chi connectivity index (χ4v) is 3.53. The maximum Gasteiger partial charge on any atom is 0.286 e. The maximum absolute atomic E-state index is 12.0. The number of carbonyl (C=O) groups excluding carboxylic acids is 1. The van der Waals surface area contributed by atoms with E-state index in [4.69, 9.17) is 11.6 Å². The Labute approximate surface area is 127 Å². The second-order valence-electron chi connectivity index (χ2n) is 4.91. The van der Waals surface area contributed by atoms with Crippen molar-refractivity contribution in [2.75, 3.05) is 13.1 Å². The second-order valence-corrected chi connectivity index (χ2v) is 6.36. The standard InChI is InChI=1S/C15H15ClN2OS/c16-12-6-4-5-11(9-12)10-13-14(19)17-15(20-13)18-7-2-1-3-8-18/h4-6,9-10H,1-3,7-8H2. The normalized spacial score (nSPS) is 21.4. The van der Waals surface area contributed by atoms with E-state index in [2.05, 4.69) is 9.89 Å². The van der Waals surface area contributed by atoms with Gasteiger partial charge in [-0.3, -0.25) is 4.79 Å². The summed E-state index contributed by atoms with van der Waals surface area (Å²) in [5.74, 6) is -0.143. The molecule has 0 atom stereocenters. The molecule has 1 amide bonds. The summed E-state index contributed by atoms with van der Waals surface area (Å²) < 4.78 is 0. The first-order chi connectivity index (χ1) is 9.72. The number of rotatable bonds is 1. The quantitative estimate of drug-likeness (QED) is 0.740. The number of amides is 1. The van der Waals surface area contributed by atoms with Crippen LogP contribution in [0.2, 0.25) is 5.02 Å². The van der Waals surface area contributed by atoms with Crippen molar-refractivity contribution in [3.63, 3.8) is 0 Å². The molecule has 0 radical (unpaired) electrons. The molecule has 0 unspecified atom stereocenters. The Morgan fingerprint density at radius 1 is 1.25 bits per heavy atom. The van der Waals surface area contributed by atoms with Gasteiger partial charge in [-0.05, 0) is 54.8 Å². The van der Waals surface area contributed by atoms with Crippen molar-refractivity contribution in [1.29, 1.82) is 0 Å². The lowest BCUT2D eigenvalue weighted by atomic mass is 10.1. The van der Waals surface area contributed by atoms with Crippen molar-refractivity contribution < 1.29 is 4.79 Å². The third-order valence-corrected chi connectivity index (χ3v) is 4.66. The number of hydrogen-bond donors (Lipinski definition) is 0. The zero-order chi connectivity index (χ0) is 13.9. The van der Waals surface area contributed by atoms with Crippen LogP contribution in [-0.4, -0.2) is 29.1 Å². The van der Waals surface area contributed by atoms with E-state index < -0.39 is 0 Å². The molecule has 2 aliphatic heterocycles. The van der Waals surface area contributed by atoms with Crippen LogP contribution in [0.3, 0.4) is 0 Å². The minimum Gasteiger partial charge on any atom is -0.351 e. The minimum atomic E-state index is -0.143. The Balaban J connectivity index is 1.76. The number of amidine groups is 1. The Hall–Kier alpha value is -1.26. The minimum absolute atomic E-state index is 0.143. The molecular weight excluding hydrogens is 292 g/mol. The zero-order valence-electron chi connectivity index (χ0n) is 11.0. The Kier molecular flexibility index (Phi) is 4.13. The Morgan fingerprint density at radius 2 is 2.05 bits per heavy atom. The lowest BCUT2D eigenvalue weighted by Gasteiger charge is -2.27. The number of carbonyl (C=O) groups is 1. The van der Waals surface area contributed by atoms with E-state index >= 15 is 0 Å². The molecule has 2 heterocycles. The summed E-state index contributed by atoms with van der Waals surface area (Å²) in [7, 11) is 0. The van der Waals surface area contributed by atoms with Gasteiger partial charge in [0.15, 0.2) is 5.17 Å². The number of thioether (sulfide) groups is 1. The van der Waals surface area contributed by atoms with Gasteiger partial charge in [0.05, 0.1) is 4.91 Å². The van der Waals surface area contributed by atoms with Crippen LogP contribution in [0, 0.1) is 0 Å². The van der Waals surface area contributed by atoms with E-state index in [1.54, 1.807) is 0 Å². The molecule has 0 aromatic heterocycles. The molecule has 0 spiro atoms. The lowest BCUT2D eigenvalue weighted by molar-refractivity contribution is -0.113. The van der Waals surface area contributed by atoms with Crippen LogP contribution in [0.25, 0.3) is 6.08 Å². The first-order valence-corrected chi connectivity index (χ1v) is 7.95. The van der Waals surface area contributed by atoms with Gasteiger partial charge in [0, 0.05) is 18.1 Å².